The lowest BCUT2D eigenvalue weighted by molar-refractivity contribution is 0.416. The molecule has 0 saturated heterocycles. The maximum atomic E-state index is 5.36. The number of ether oxygens (including phenoxy) is 1. The average molecular weight is 312 g/mol. The van der Waals surface area contributed by atoms with Crippen LogP contribution in [-0.2, 0) is 0 Å². The Morgan fingerprint density at radius 3 is 2.59 bits per heavy atom. The Balaban J connectivity index is 2.50. The van der Waals surface area contributed by atoms with Gasteiger partial charge in [-0.25, -0.2) is 4.98 Å². The number of thiazole rings is 1. The number of aromatic nitrogens is 1. The monoisotopic (exact) mass is 311 g/mol. The Hall–Kier alpha value is -0.870. The van der Waals surface area contributed by atoms with Crippen molar-refractivity contribution in [3.8, 4) is 16.3 Å². The fraction of sp³-hybridized carbons (Fsp3) is 0.308. The molecule has 0 amide bonds. The number of hydrogen-bond acceptors (Lipinski definition) is 3. The summed E-state index contributed by atoms with van der Waals surface area (Å²) >= 11 is 5.23. The fourth-order valence-electron chi connectivity index (χ4n) is 1.61. The van der Waals surface area contributed by atoms with Crippen LogP contribution in [0.2, 0.25) is 0 Å². The van der Waals surface area contributed by atoms with Gasteiger partial charge >= 0.3 is 0 Å². The number of halogens is 1. The van der Waals surface area contributed by atoms with E-state index in [4.69, 9.17) is 4.74 Å². The van der Waals surface area contributed by atoms with Gasteiger partial charge in [0.15, 0.2) is 0 Å². The van der Waals surface area contributed by atoms with Gasteiger partial charge in [0.1, 0.15) is 10.8 Å². The highest BCUT2D eigenvalue weighted by Gasteiger charge is 2.15. The molecule has 2 nitrogen and oxygen atoms in total. The molecule has 90 valence electrons. The van der Waals surface area contributed by atoms with Crippen LogP contribution >= 0.6 is 27.3 Å². The summed E-state index contributed by atoms with van der Waals surface area (Å²) in [5.41, 5.74) is 2.16. The van der Waals surface area contributed by atoms with Crippen molar-refractivity contribution in [2.24, 2.45) is 0 Å². The van der Waals surface area contributed by atoms with Gasteiger partial charge in [0.25, 0.3) is 0 Å². The van der Waals surface area contributed by atoms with Crippen molar-refractivity contribution in [3.63, 3.8) is 0 Å². The van der Waals surface area contributed by atoms with E-state index in [-0.39, 0.29) is 0 Å². The minimum absolute atomic E-state index is 0.420. The normalized spacial score (nSPS) is 10.9. The first-order valence-corrected chi connectivity index (χ1v) is 7.04. The molecule has 0 N–H and O–H groups in total. The van der Waals surface area contributed by atoms with E-state index >= 15 is 0 Å². The third-order valence-electron chi connectivity index (χ3n) is 2.49. The predicted molar refractivity (Wildman–Crippen MR) is 75.9 cm³/mol. The van der Waals surface area contributed by atoms with E-state index < -0.39 is 0 Å². The van der Waals surface area contributed by atoms with Crippen molar-refractivity contribution in [2.75, 3.05) is 7.11 Å². The molecule has 0 aliphatic heterocycles. The van der Waals surface area contributed by atoms with Gasteiger partial charge < -0.3 is 4.74 Å². The molecule has 2 rings (SSSR count). The van der Waals surface area contributed by atoms with Gasteiger partial charge in [-0.3, -0.25) is 0 Å². The standard InChI is InChI=1S/C13H14BrNOS/c1-8(2)11-12(14)17-13(15-11)9-6-4-5-7-10(9)16-3/h4-8H,1-3H3. The highest BCUT2D eigenvalue weighted by atomic mass is 79.9. The van der Waals surface area contributed by atoms with Crippen molar-refractivity contribution in [1.29, 1.82) is 0 Å². The topological polar surface area (TPSA) is 22.1 Å². The number of rotatable bonds is 3. The quantitative estimate of drug-likeness (QED) is 0.819. The zero-order chi connectivity index (χ0) is 12.4. The largest absolute Gasteiger partial charge is 0.496 e. The number of nitrogens with zero attached hydrogens (tertiary/aromatic N) is 1. The molecule has 0 atom stereocenters. The number of benzene rings is 1. The SMILES string of the molecule is COc1ccccc1-c1nc(C(C)C)c(Br)s1. The van der Waals surface area contributed by atoms with Gasteiger partial charge in [0.05, 0.1) is 22.2 Å². The highest BCUT2D eigenvalue weighted by Crippen LogP contribution is 2.38. The van der Waals surface area contributed by atoms with Crippen molar-refractivity contribution in [3.05, 3.63) is 33.7 Å². The molecule has 0 aliphatic carbocycles. The predicted octanol–water partition coefficient (Wildman–Crippen LogP) is 4.70. The Labute approximate surface area is 114 Å². The summed E-state index contributed by atoms with van der Waals surface area (Å²) in [6.07, 6.45) is 0. The summed E-state index contributed by atoms with van der Waals surface area (Å²) in [5, 5.41) is 0.998. The van der Waals surface area contributed by atoms with Crippen LogP contribution in [0.15, 0.2) is 28.1 Å². The molecule has 1 aromatic carbocycles. The Kier molecular flexibility index (Phi) is 3.84. The van der Waals surface area contributed by atoms with Crippen LogP contribution in [0.4, 0.5) is 0 Å². The van der Waals surface area contributed by atoms with Gasteiger partial charge in [-0.1, -0.05) is 26.0 Å². The molecule has 2 aromatic rings. The van der Waals surface area contributed by atoms with Gasteiger partial charge in [0, 0.05) is 0 Å². The Morgan fingerprint density at radius 1 is 1.29 bits per heavy atom. The summed E-state index contributed by atoms with van der Waals surface area (Å²) < 4.78 is 6.47. The van der Waals surface area contributed by atoms with Crippen LogP contribution in [0.1, 0.15) is 25.5 Å². The number of methoxy groups -OCH3 is 1. The molecule has 0 radical (unpaired) electrons. The highest BCUT2D eigenvalue weighted by molar-refractivity contribution is 9.11. The van der Waals surface area contributed by atoms with E-state index in [2.05, 4.69) is 34.8 Å². The minimum atomic E-state index is 0.420. The van der Waals surface area contributed by atoms with Gasteiger partial charge in [0.2, 0.25) is 0 Å². The molecule has 0 spiro atoms. The fourth-order valence-corrected chi connectivity index (χ4v) is 3.59. The van der Waals surface area contributed by atoms with Gasteiger partial charge in [-0.15, -0.1) is 11.3 Å². The molecule has 0 bridgehead atoms. The zero-order valence-corrected chi connectivity index (χ0v) is 12.4. The lowest BCUT2D eigenvalue weighted by Crippen LogP contribution is -1.90. The molecule has 1 heterocycles. The zero-order valence-electron chi connectivity index (χ0n) is 10.0. The van der Waals surface area contributed by atoms with E-state index in [1.807, 2.05) is 24.3 Å². The second-order valence-corrected chi connectivity index (χ2v) is 6.35. The second-order valence-electron chi connectivity index (χ2n) is 4.03. The third-order valence-corrected chi connectivity index (χ3v) is 4.28. The van der Waals surface area contributed by atoms with E-state index in [0.717, 1.165) is 25.8 Å². The molecule has 4 heteroatoms. The average Bonchev–Trinajstić information content (AvgIpc) is 2.71. The van der Waals surface area contributed by atoms with E-state index in [1.54, 1.807) is 18.4 Å². The van der Waals surface area contributed by atoms with Gasteiger partial charge in [-0.2, -0.15) is 0 Å². The van der Waals surface area contributed by atoms with Crippen LogP contribution in [0.3, 0.4) is 0 Å². The second kappa shape index (κ2) is 5.19. The molecule has 17 heavy (non-hydrogen) atoms. The maximum Gasteiger partial charge on any atom is 0.129 e. The van der Waals surface area contributed by atoms with Crippen LogP contribution in [0, 0.1) is 0 Å². The molecule has 0 unspecified atom stereocenters. The van der Waals surface area contributed by atoms with Crippen molar-refractivity contribution in [1.82, 2.24) is 4.98 Å². The van der Waals surface area contributed by atoms with Crippen molar-refractivity contribution in [2.45, 2.75) is 19.8 Å². The van der Waals surface area contributed by atoms with Crippen LogP contribution in [-0.4, -0.2) is 12.1 Å². The minimum Gasteiger partial charge on any atom is -0.496 e. The summed E-state index contributed by atoms with van der Waals surface area (Å²) in [6.45, 7) is 4.29. The van der Waals surface area contributed by atoms with E-state index in [1.165, 1.54) is 0 Å². The van der Waals surface area contributed by atoms with Crippen LogP contribution < -0.4 is 4.74 Å². The first-order chi connectivity index (χ1) is 8.13. The first-order valence-electron chi connectivity index (χ1n) is 5.43. The third kappa shape index (κ3) is 2.53. The summed E-state index contributed by atoms with van der Waals surface area (Å²) in [4.78, 5) is 4.68. The summed E-state index contributed by atoms with van der Waals surface area (Å²) in [7, 11) is 1.69. The molecule has 0 aliphatic rings. The Bertz CT molecular complexity index is 522. The lowest BCUT2D eigenvalue weighted by Gasteiger charge is -2.04. The molecular weight excluding hydrogens is 298 g/mol. The molecule has 1 aromatic heterocycles. The Morgan fingerprint density at radius 2 is 2.00 bits per heavy atom. The summed E-state index contributed by atoms with van der Waals surface area (Å²) in [5.74, 6) is 1.29. The molecule has 0 saturated carbocycles. The summed E-state index contributed by atoms with van der Waals surface area (Å²) in [6, 6.07) is 7.96. The number of para-hydroxylation sites is 1. The lowest BCUT2D eigenvalue weighted by atomic mass is 10.1. The van der Waals surface area contributed by atoms with Crippen molar-refractivity contribution >= 4 is 27.3 Å². The molecular formula is C13H14BrNOS. The van der Waals surface area contributed by atoms with Crippen molar-refractivity contribution < 1.29 is 4.74 Å². The smallest absolute Gasteiger partial charge is 0.129 e. The first kappa shape index (κ1) is 12.6. The molecule has 0 fully saturated rings. The number of hydrogen-bond donors (Lipinski definition) is 0. The van der Waals surface area contributed by atoms with Gasteiger partial charge in [-0.05, 0) is 34.0 Å². The van der Waals surface area contributed by atoms with E-state index in [9.17, 15) is 0 Å². The van der Waals surface area contributed by atoms with Crippen LogP contribution in [0.25, 0.3) is 10.6 Å². The van der Waals surface area contributed by atoms with Crippen LogP contribution in [0.5, 0.6) is 5.75 Å². The maximum absolute atomic E-state index is 5.36. The van der Waals surface area contributed by atoms with E-state index in [0.29, 0.717) is 5.92 Å².